The first-order chi connectivity index (χ1) is 9.25. The Morgan fingerprint density at radius 3 is 3.16 bits per heavy atom. The van der Waals surface area contributed by atoms with Gasteiger partial charge in [0, 0.05) is 30.1 Å². The monoisotopic (exact) mass is 277 g/mol. The molecule has 0 spiro atoms. The molecule has 1 aliphatic carbocycles. The van der Waals surface area contributed by atoms with Gasteiger partial charge in [-0.1, -0.05) is 23.7 Å². The van der Waals surface area contributed by atoms with Gasteiger partial charge in [-0.3, -0.25) is 0 Å². The molecule has 3 nitrogen and oxygen atoms in total. The summed E-state index contributed by atoms with van der Waals surface area (Å²) < 4.78 is 5.47. The number of phenols is 1. The fraction of sp³-hybridized carbons (Fsp3) is 0.333. The molecule has 1 heterocycles. The predicted octanol–water partition coefficient (Wildman–Crippen LogP) is 3.81. The highest BCUT2D eigenvalue weighted by atomic mass is 35.5. The number of para-hydroxylation sites is 1. The molecule has 3 rings (SSSR count). The molecule has 1 aromatic heterocycles. The molecule has 19 heavy (non-hydrogen) atoms. The fourth-order valence-corrected chi connectivity index (χ4v) is 2.83. The first-order valence-corrected chi connectivity index (χ1v) is 6.89. The molecule has 0 saturated heterocycles. The minimum atomic E-state index is 0.167. The lowest BCUT2D eigenvalue weighted by atomic mass is 9.93. The minimum absolute atomic E-state index is 0.167. The lowest BCUT2D eigenvalue weighted by molar-refractivity contribution is 0.405. The molecule has 4 heteroatoms. The molecule has 2 N–H and O–H groups in total. The van der Waals surface area contributed by atoms with Gasteiger partial charge in [0.15, 0.2) is 0 Å². The summed E-state index contributed by atoms with van der Waals surface area (Å²) in [5.41, 5.74) is 2.07. The normalized spacial score (nSPS) is 18.3. The highest BCUT2D eigenvalue weighted by Gasteiger charge is 2.22. The smallest absolute Gasteiger partial charge is 0.138 e. The zero-order valence-corrected chi connectivity index (χ0v) is 11.3. The second-order valence-electron chi connectivity index (χ2n) is 4.87. The van der Waals surface area contributed by atoms with E-state index in [1.165, 1.54) is 5.56 Å². The highest BCUT2D eigenvalue weighted by Crippen LogP contribution is 2.32. The Balaban J connectivity index is 1.73. The van der Waals surface area contributed by atoms with Crippen LogP contribution in [0.2, 0.25) is 5.02 Å². The van der Waals surface area contributed by atoms with Crippen molar-refractivity contribution in [2.75, 3.05) is 0 Å². The Hall–Kier alpha value is -1.45. The number of hydrogen-bond donors (Lipinski definition) is 2. The number of aryl methyl sites for hydroxylation is 1. The maximum absolute atomic E-state index is 9.89. The van der Waals surface area contributed by atoms with E-state index in [0.29, 0.717) is 17.6 Å². The number of aromatic hydroxyl groups is 1. The van der Waals surface area contributed by atoms with Gasteiger partial charge in [-0.2, -0.15) is 0 Å². The quantitative estimate of drug-likeness (QED) is 0.897. The topological polar surface area (TPSA) is 45.4 Å². The second-order valence-corrected chi connectivity index (χ2v) is 5.28. The number of rotatable bonds is 3. The molecular formula is C15H16ClNO2. The number of phenolic OH excluding ortho intramolecular Hbond substituents is 1. The first-order valence-electron chi connectivity index (χ1n) is 6.51. The van der Waals surface area contributed by atoms with Crippen LogP contribution in [0.1, 0.15) is 35.8 Å². The molecule has 0 fully saturated rings. The lowest BCUT2D eigenvalue weighted by Gasteiger charge is -2.23. The molecule has 1 unspecified atom stereocenters. The van der Waals surface area contributed by atoms with Crippen molar-refractivity contribution in [3.05, 3.63) is 52.4 Å². The third-order valence-corrected chi connectivity index (χ3v) is 3.97. The van der Waals surface area contributed by atoms with Crippen molar-refractivity contribution >= 4 is 11.6 Å². The van der Waals surface area contributed by atoms with Gasteiger partial charge in [-0.15, -0.1) is 0 Å². The van der Waals surface area contributed by atoms with Crippen LogP contribution in [0.5, 0.6) is 5.75 Å². The summed E-state index contributed by atoms with van der Waals surface area (Å²) in [4.78, 5) is 0. The Morgan fingerprint density at radius 2 is 2.26 bits per heavy atom. The summed E-state index contributed by atoms with van der Waals surface area (Å²) >= 11 is 5.91. The van der Waals surface area contributed by atoms with Crippen molar-refractivity contribution in [3.8, 4) is 5.75 Å². The number of hydrogen-bond acceptors (Lipinski definition) is 3. The maximum Gasteiger partial charge on any atom is 0.138 e. The lowest BCUT2D eigenvalue weighted by Crippen LogP contribution is -2.24. The summed E-state index contributed by atoms with van der Waals surface area (Å²) in [7, 11) is 0. The molecule has 0 radical (unpaired) electrons. The average molecular weight is 278 g/mol. The van der Waals surface area contributed by atoms with Crippen molar-refractivity contribution in [1.29, 1.82) is 0 Å². The number of halogens is 1. The van der Waals surface area contributed by atoms with Crippen LogP contribution in [0, 0.1) is 0 Å². The largest absolute Gasteiger partial charge is 0.506 e. The van der Waals surface area contributed by atoms with Crippen molar-refractivity contribution in [2.45, 2.75) is 31.8 Å². The second kappa shape index (κ2) is 5.27. The van der Waals surface area contributed by atoms with E-state index in [1.807, 2.05) is 18.2 Å². The highest BCUT2D eigenvalue weighted by molar-refractivity contribution is 6.32. The summed E-state index contributed by atoms with van der Waals surface area (Å²) in [5, 5.41) is 13.8. The van der Waals surface area contributed by atoms with Crippen molar-refractivity contribution in [1.82, 2.24) is 5.32 Å². The zero-order chi connectivity index (χ0) is 13.2. The summed E-state index contributed by atoms with van der Waals surface area (Å²) in [6.45, 7) is 0.599. The van der Waals surface area contributed by atoms with Gasteiger partial charge < -0.3 is 14.8 Å². The van der Waals surface area contributed by atoms with Crippen LogP contribution in [-0.2, 0) is 13.0 Å². The Labute approximate surface area is 117 Å². The number of benzene rings is 1. The molecule has 0 amide bonds. The van der Waals surface area contributed by atoms with Gasteiger partial charge in [-0.25, -0.2) is 0 Å². The maximum atomic E-state index is 9.89. The van der Waals surface area contributed by atoms with E-state index in [0.717, 1.165) is 30.6 Å². The Morgan fingerprint density at radius 1 is 1.37 bits per heavy atom. The van der Waals surface area contributed by atoms with Gasteiger partial charge in [0.05, 0.1) is 11.3 Å². The summed E-state index contributed by atoms with van der Waals surface area (Å²) in [5.74, 6) is 1.25. The Kier molecular flexibility index (Phi) is 3.49. The SMILES string of the molecule is Oc1c(Cl)cccc1CNC1CCCc2occc21. The van der Waals surface area contributed by atoms with Gasteiger partial charge in [0.25, 0.3) is 0 Å². The van der Waals surface area contributed by atoms with Crippen LogP contribution in [0.25, 0.3) is 0 Å². The molecule has 0 saturated carbocycles. The predicted molar refractivity (Wildman–Crippen MR) is 74.3 cm³/mol. The zero-order valence-electron chi connectivity index (χ0n) is 10.5. The van der Waals surface area contributed by atoms with Gasteiger partial charge in [-0.05, 0) is 25.0 Å². The molecule has 0 aliphatic heterocycles. The average Bonchev–Trinajstić information content (AvgIpc) is 2.89. The standard InChI is InChI=1S/C15H16ClNO2/c16-12-4-1-3-10(15(12)18)9-17-13-5-2-6-14-11(13)7-8-19-14/h1,3-4,7-8,13,17-18H,2,5-6,9H2. The minimum Gasteiger partial charge on any atom is -0.506 e. The summed E-state index contributed by atoms with van der Waals surface area (Å²) in [6.07, 6.45) is 4.98. The van der Waals surface area contributed by atoms with Crippen LogP contribution in [-0.4, -0.2) is 5.11 Å². The van der Waals surface area contributed by atoms with Crippen LogP contribution in [0.15, 0.2) is 34.9 Å². The van der Waals surface area contributed by atoms with Crippen molar-refractivity contribution in [3.63, 3.8) is 0 Å². The molecule has 1 atom stereocenters. The van der Waals surface area contributed by atoms with Crippen LogP contribution < -0.4 is 5.32 Å². The number of nitrogens with one attached hydrogen (secondary N) is 1. The molecule has 100 valence electrons. The Bertz CT molecular complexity index is 579. The van der Waals surface area contributed by atoms with E-state index >= 15 is 0 Å². The number of furan rings is 1. The molecular weight excluding hydrogens is 262 g/mol. The third kappa shape index (κ3) is 2.48. The number of fused-ring (bicyclic) bond motifs is 1. The van der Waals surface area contributed by atoms with Crippen LogP contribution >= 0.6 is 11.6 Å². The van der Waals surface area contributed by atoms with E-state index < -0.39 is 0 Å². The van der Waals surface area contributed by atoms with E-state index in [9.17, 15) is 5.11 Å². The summed E-state index contributed by atoms with van der Waals surface area (Å²) in [6, 6.07) is 7.75. The van der Waals surface area contributed by atoms with Crippen LogP contribution in [0.3, 0.4) is 0 Å². The van der Waals surface area contributed by atoms with Crippen LogP contribution in [0.4, 0.5) is 0 Å². The van der Waals surface area contributed by atoms with Crippen molar-refractivity contribution < 1.29 is 9.52 Å². The van der Waals surface area contributed by atoms with E-state index in [4.69, 9.17) is 16.0 Å². The van der Waals surface area contributed by atoms with Gasteiger partial charge >= 0.3 is 0 Å². The first kappa shape index (κ1) is 12.6. The van der Waals surface area contributed by atoms with Gasteiger partial charge in [0.2, 0.25) is 0 Å². The fourth-order valence-electron chi connectivity index (χ4n) is 2.63. The molecule has 2 aromatic rings. The van der Waals surface area contributed by atoms with Gasteiger partial charge in [0.1, 0.15) is 11.5 Å². The molecule has 1 aliphatic rings. The third-order valence-electron chi connectivity index (χ3n) is 3.66. The van der Waals surface area contributed by atoms with E-state index in [-0.39, 0.29) is 5.75 Å². The van der Waals surface area contributed by atoms with Crippen molar-refractivity contribution in [2.24, 2.45) is 0 Å². The molecule has 1 aromatic carbocycles. The molecule has 0 bridgehead atoms. The van der Waals surface area contributed by atoms with E-state index in [1.54, 1.807) is 12.3 Å². The van der Waals surface area contributed by atoms with E-state index in [2.05, 4.69) is 5.32 Å².